The van der Waals surface area contributed by atoms with Crippen LogP contribution in [0.5, 0.6) is 11.5 Å². The lowest BCUT2D eigenvalue weighted by Gasteiger charge is -2.16. The Bertz CT molecular complexity index is 479. The normalized spacial score (nSPS) is 11.3. The molecule has 0 aromatic heterocycles. The number of carbonyl (C=O) groups excluding carboxylic acids is 1. The molecule has 19 heavy (non-hydrogen) atoms. The lowest BCUT2D eigenvalue weighted by molar-refractivity contribution is -0.142. The third kappa shape index (κ3) is 3.62. The van der Waals surface area contributed by atoms with Gasteiger partial charge in [-0.3, -0.25) is 4.79 Å². The Morgan fingerprint density at radius 3 is 2.47 bits per heavy atom. The van der Waals surface area contributed by atoms with Gasteiger partial charge in [-0.2, -0.15) is 5.26 Å². The van der Waals surface area contributed by atoms with E-state index in [-0.39, 0.29) is 12.4 Å². The van der Waals surface area contributed by atoms with Crippen molar-refractivity contribution in [2.75, 3.05) is 21.3 Å². The Morgan fingerprint density at radius 1 is 1.26 bits per heavy atom. The van der Waals surface area contributed by atoms with Crippen molar-refractivity contribution >= 4 is 5.97 Å². The SMILES string of the molecule is COC(=O)[C@@H](CCC#N)c1ccc(OC)c(OC)c1. The fourth-order valence-electron chi connectivity index (χ4n) is 1.84. The summed E-state index contributed by atoms with van der Waals surface area (Å²) in [5.41, 5.74) is 0.750. The Morgan fingerprint density at radius 2 is 1.95 bits per heavy atom. The van der Waals surface area contributed by atoms with Crippen LogP contribution in [0.15, 0.2) is 18.2 Å². The summed E-state index contributed by atoms with van der Waals surface area (Å²) in [4.78, 5) is 11.8. The van der Waals surface area contributed by atoms with Gasteiger partial charge in [0.05, 0.1) is 33.3 Å². The molecule has 0 fully saturated rings. The molecule has 0 saturated heterocycles. The minimum absolute atomic E-state index is 0.286. The minimum atomic E-state index is -0.468. The third-order valence-electron chi connectivity index (χ3n) is 2.84. The highest BCUT2D eigenvalue weighted by Gasteiger charge is 2.22. The van der Waals surface area contributed by atoms with Crippen LogP contribution in [0.1, 0.15) is 24.3 Å². The fourth-order valence-corrected chi connectivity index (χ4v) is 1.84. The molecule has 0 aliphatic heterocycles. The molecule has 0 heterocycles. The Balaban J connectivity index is 3.08. The summed E-state index contributed by atoms with van der Waals surface area (Å²) < 4.78 is 15.1. The first-order valence-corrected chi connectivity index (χ1v) is 5.84. The van der Waals surface area contributed by atoms with Crippen LogP contribution in [0.25, 0.3) is 0 Å². The molecule has 0 aliphatic carbocycles. The van der Waals surface area contributed by atoms with Gasteiger partial charge >= 0.3 is 5.97 Å². The Kier molecular flexibility index (Phi) is 5.68. The van der Waals surface area contributed by atoms with Crippen molar-refractivity contribution in [3.05, 3.63) is 23.8 Å². The fraction of sp³-hybridized carbons (Fsp3) is 0.429. The first kappa shape index (κ1) is 14.8. The van der Waals surface area contributed by atoms with Gasteiger partial charge in [-0.1, -0.05) is 6.07 Å². The van der Waals surface area contributed by atoms with Crippen LogP contribution in [0.2, 0.25) is 0 Å². The van der Waals surface area contributed by atoms with Gasteiger partial charge in [0.15, 0.2) is 11.5 Å². The zero-order chi connectivity index (χ0) is 14.3. The van der Waals surface area contributed by atoms with Crippen molar-refractivity contribution in [2.45, 2.75) is 18.8 Å². The van der Waals surface area contributed by atoms with Crippen molar-refractivity contribution in [2.24, 2.45) is 0 Å². The highest BCUT2D eigenvalue weighted by molar-refractivity contribution is 5.78. The van der Waals surface area contributed by atoms with E-state index in [2.05, 4.69) is 0 Å². The number of methoxy groups -OCH3 is 3. The average molecular weight is 263 g/mol. The van der Waals surface area contributed by atoms with E-state index in [4.69, 9.17) is 19.5 Å². The lowest BCUT2D eigenvalue weighted by atomic mass is 9.94. The molecule has 102 valence electrons. The highest BCUT2D eigenvalue weighted by atomic mass is 16.5. The van der Waals surface area contributed by atoms with Crippen molar-refractivity contribution < 1.29 is 19.0 Å². The van der Waals surface area contributed by atoms with Gasteiger partial charge in [0.1, 0.15) is 0 Å². The number of ether oxygens (including phenoxy) is 3. The van der Waals surface area contributed by atoms with Crippen LogP contribution in [0.4, 0.5) is 0 Å². The van der Waals surface area contributed by atoms with Crippen LogP contribution < -0.4 is 9.47 Å². The largest absolute Gasteiger partial charge is 0.493 e. The van der Waals surface area contributed by atoms with E-state index in [1.165, 1.54) is 14.2 Å². The molecule has 0 saturated carbocycles. The maximum Gasteiger partial charge on any atom is 0.313 e. The molecule has 0 aliphatic rings. The van der Waals surface area contributed by atoms with Gasteiger partial charge in [0.2, 0.25) is 0 Å². The number of hydrogen-bond donors (Lipinski definition) is 0. The van der Waals surface area contributed by atoms with Crippen LogP contribution in [0.3, 0.4) is 0 Å². The smallest absolute Gasteiger partial charge is 0.313 e. The number of nitrogens with zero attached hydrogens (tertiary/aromatic N) is 1. The van der Waals surface area contributed by atoms with Crippen molar-refractivity contribution in [3.8, 4) is 17.6 Å². The second kappa shape index (κ2) is 7.27. The lowest BCUT2D eigenvalue weighted by Crippen LogP contribution is -2.14. The molecule has 0 radical (unpaired) electrons. The highest BCUT2D eigenvalue weighted by Crippen LogP contribution is 2.32. The summed E-state index contributed by atoms with van der Waals surface area (Å²) in [5, 5.41) is 8.65. The molecular formula is C14H17NO4. The molecule has 0 amide bonds. The zero-order valence-electron chi connectivity index (χ0n) is 11.3. The Hall–Kier alpha value is -2.22. The van der Waals surface area contributed by atoms with Crippen molar-refractivity contribution in [1.82, 2.24) is 0 Å². The molecule has 1 aromatic rings. The summed E-state index contributed by atoms with van der Waals surface area (Å²) in [6.45, 7) is 0. The van der Waals surface area contributed by atoms with Gasteiger partial charge in [-0.25, -0.2) is 0 Å². The summed E-state index contributed by atoms with van der Waals surface area (Å²) in [5.74, 6) is 0.313. The van der Waals surface area contributed by atoms with Crippen LogP contribution >= 0.6 is 0 Å². The van der Waals surface area contributed by atoms with Crippen LogP contribution in [0, 0.1) is 11.3 Å². The summed E-state index contributed by atoms with van der Waals surface area (Å²) in [7, 11) is 4.41. The van der Waals surface area contributed by atoms with E-state index in [0.29, 0.717) is 17.9 Å². The minimum Gasteiger partial charge on any atom is -0.493 e. The van der Waals surface area contributed by atoms with E-state index in [1.807, 2.05) is 6.07 Å². The molecule has 1 atom stereocenters. The van der Waals surface area contributed by atoms with E-state index >= 15 is 0 Å². The first-order valence-electron chi connectivity index (χ1n) is 5.84. The number of benzene rings is 1. The molecule has 0 bridgehead atoms. The average Bonchev–Trinajstić information content (AvgIpc) is 2.46. The van der Waals surface area contributed by atoms with Gasteiger partial charge in [-0.15, -0.1) is 0 Å². The topological polar surface area (TPSA) is 68.6 Å². The summed E-state index contributed by atoms with van der Waals surface area (Å²) >= 11 is 0. The summed E-state index contributed by atoms with van der Waals surface area (Å²) in [6.07, 6.45) is 0.701. The zero-order valence-corrected chi connectivity index (χ0v) is 11.3. The molecule has 5 heteroatoms. The number of rotatable bonds is 6. The van der Waals surface area contributed by atoms with Gasteiger partial charge < -0.3 is 14.2 Å². The maximum absolute atomic E-state index is 11.8. The number of nitriles is 1. The van der Waals surface area contributed by atoms with Gasteiger partial charge in [0.25, 0.3) is 0 Å². The molecule has 1 rings (SSSR count). The molecular weight excluding hydrogens is 246 g/mol. The predicted octanol–water partition coefficient (Wildman–Crippen LogP) is 2.26. The Labute approximate surface area is 112 Å². The summed E-state index contributed by atoms with van der Waals surface area (Å²) in [6, 6.07) is 7.28. The molecule has 0 N–H and O–H groups in total. The maximum atomic E-state index is 11.8. The van der Waals surface area contributed by atoms with E-state index in [9.17, 15) is 4.79 Å². The molecule has 0 unspecified atom stereocenters. The number of hydrogen-bond acceptors (Lipinski definition) is 5. The number of esters is 1. The quantitative estimate of drug-likeness (QED) is 0.736. The number of carbonyl (C=O) groups is 1. The standard InChI is InChI=1S/C14H17NO4/c1-17-12-7-6-10(9-13(12)18-2)11(5-4-8-15)14(16)19-3/h6-7,9,11H,4-5H2,1-3H3/t11-/m0/s1. The second-order valence-corrected chi connectivity index (χ2v) is 3.89. The molecule has 0 spiro atoms. The predicted molar refractivity (Wildman–Crippen MR) is 69.2 cm³/mol. The van der Waals surface area contributed by atoms with Gasteiger partial charge in [0, 0.05) is 6.42 Å². The van der Waals surface area contributed by atoms with Crippen molar-refractivity contribution in [1.29, 1.82) is 5.26 Å². The van der Waals surface area contributed by atoms with Crippen LogP contribution in [-0.2, 0) is 9.53 Å². The molecule has 1 aromatic carbocycles. The van der Waals surface area contributed by atoms with Crippen LogP contribution in [-0.4, -0.2) is 27.3 Å². The van der Waals surface area contributed by atoms with E-state index in [1.54, 1.807) is 25.3 Å². The molecule has 5 nitrogen and oxygen atoms in total. The third-order valence-corrected chi connectivity index (χ3v) is 2.84. The van der Waals surface area contributed by atoms with E-state index < -0.39 is 5.92 Å². The van der Waals surface area contributed by atoms with E-state index in [0.717, 1.165) is 5.56 Å². The van der Waals surface area contributed by atoms with Gasteiger partial charge in [-0.05, 0) is 24.1 Å². The van der Waals surface area contributed by atoms with Crippen molar-refractivity contribution in [3.63, 3.8) is 0 Å². The monoisotopic (exact) mass is 263 g/mol. The second-order valence-electron chi connectivity index (χ2n) is 3.89. The first-order chi connectivity index (χ1) is 9.17.